The second-order valence-electron chi connectivity index (χ2n) is 25.5. The van der Waals surface area contributed by atoms with E-state index in [9.17, 15) is 122 Å². The number of benzene rings is 10. The fourth-order valence-electron chi connectivity index (χ4n) is 12.1. The molecule has 5 N–H and O–H groups in total. The Kier molecular flexibility index (Phi) is 24.7. The molecule has 0 saturated carbocycles. The molecule has 5 amide bonds. The number of alkyl halides is 15. The van der Waals surface area contributed by atoms with Crippen LogP contribution in [0.2, 0.25) is 5.02 Å². The molecule has 0 radical (unpaired) electrons. The summed E-state index contributed by atoms with van der Waals surface area (Å²) in [5, 5.41) is 23.9. The summed E-state index contributed by atoms with van der Waals surface area (Å²) in [5.41, 5.74) is -1.07. The molecule has 5 aliphatic heterocycles. The highest BCUT2D eigenvalue weighted by atomic mass is 35.5. The second kappa shape index (κ2) is 33.6. The number of hydrogen-bond acceptors (Lipinski definition) is 11. The summed E-state index contributed by atoms with van der Waals surface area (Å²) in [5.74, 6) is -3.48. The van der Waals surface area contributed by atoms with E-state index in [0.29, 0.717) is 112 Å². The number of nitrogens with one attached hydrogen (secondary N) is 5. The van der Waals surface area contributed by atoms with Crippen LogP contribution >= 0.6 is 35.1 Å². The Morgan fingerprint density at radius 3 is 1.10 bits per heavy atom. The van der Waals surface area contributed by atoms with Gasteiger partial charge >= 0.3 is 30.2 Å². The van der Waals surface area contributed by atoms with Crippen LogP contribution < -0.4 is 26.6 Å². The van der Waals surface area contributed by atoms with Gasteiger partial charge in [-0.05, 0) is 207 Å². The first kappa shape index (κ1) is 84.5. The molecule has 15 rings (SSSR count). The third kappa shape index (κ3) is 20.2. The van der Waals surface area contributed by atoms with Crippen LogP contribution in [0.1, 0.15) is 58.2 Å². The molecule has 0 fully saturated rings. The molecule has 0 spiro atoms. The molecule has 115 heavy (non-hydrogen) atoms. The van der Waals surface area contributed by atoms with E-state index in [1.165, 1.54) is 59.9 Å². The van der Waals surface area contributed by atoms with Crippen LogP contribution in [-0.2, 0) is 77.8 Å². The molecule has 0 saturated heterocycles. The van der Waals surface area contributed by atoms with Gasteiger partial charge in [-0.25, -0.2) is 21.6 Å². The monoisotopic (exact) mass is 1690 g/mol. The lowest BCUT2D eigenvalue weighted by Gasteiger charge is -2.19. The van der Waals surface area contributed by atoms with Gasteiger partial charge in [0.15, 0.2) is 0 Å². The Labute approximate surface area is 652 Å². The van der Waals surface area contributed by atoms with Gasteiger partial charge < -0.3 is 26.6 Å². The number of amides is 5. The van der Waals surface area contributed by atoms with E-state index in [2.05, 4.69) is 26.6 Å². The standard InChI is InChI=1S/C16H11ClF3NO.C16H10F5NO.C16H11F3N2O3.C15H9F4NOS.C15H10F3NO3S2/c17-13-8-10(1-4-12(13)16(18,19)20)9-2-5-14-11(7-9)3-6-15(22)21-14;17-12-6-8(1-3-11(12)16(19,20)21)10-5-9-2-4-14(23)22-15(9)13(18)7-10;17-16(18,19)12-4-1-10(8-14(12)21(23)24)9-2-5-13-11(7-9)3-6-15(22)20-13;16-11-5-8(1-3-10(11)15(17,18)19)9-2-4-12-13(6-9)22-7-14(21)20-12;16-15(17,18)24(21,22)11-4-1-9(2-5-11)10-3-6-12-13(7-10)23-8-14(20)19-12/h1-2,4-5,7-8H,3,6H2,(H,21,22);1,3,5-7H,2,4H2,(H,22,23);1-2,4-5,7-8H,3,6H2,(H,20,22);1-6H,7H2,(H,20,21);1-7H,8H2,(H,19,20). The number of hydrogen-bond donors (Lipinski definition) is 5. The molecule has 5 aliphatic rings. The van der Waals surface area contributed by atoms with Gasteiger partial charge in [-0.15, -0.1) is 23.5 Å². The number of sulfone groups is 1. The molecule has 0 aliphatic carbocycles. The lowest BCUT2D eigenvalue weighted by Crippen LogP contribution is -2.23. The first-order valence-electron chi connectivity index (χ1n) is 33.4. The van der Waals surface area contributed by atoms with E-state index in [0.717, 1.165) is 86.8 Å². The predicted molar refractivity (Wildman–Crippen MR) is 394 cm³/mol. The minimum Gasteiger partial charge on any atom is -0.326 e. The van der Waals surface area contributed by atoms with Crippen LogP contribution in [0.25, 0.3) is 55.6 Å². The van der Waals surface area contributed by atoms with Gasteiger partial charge in [0, 0.05) is 46.5 Å². The topological polar surface area (TPSA) is 223 Å². The fourth-order valence-corrected chi connectivity index (χ4v) is 14.8. The van der Waals surface area contributed by atoms with Crippen LogP contribution in [0.3, 0.4) is 0 Å². The van der Waals surface area contributed by atoms with Crippen LogP contribution in [0, 0.1) is 27.6 Å². The molecule has 10 aromatic rings. The van der Waals surface area contributed by atoms with E-state index < -0.39 is 95.3 Å². The Hall–Kier alpha value is -11.4. The van der Waals surface area contributed by atoms with Crippen molar-refractivity contribution in [2.75, 3.05) is 38.1 Å². The number of anilines is 5. The molecule has 598 valence electrons. The molecule has 5 heterocycles. The zero-order chi connectivity index (χ0) is 83.6. The smallest absolute Gasteiger partial charge is 0.326 e. The minimum atomic E-state index is -5.35. The van der Waals surface area contributed by atoms with Crippen molar-refractivity contribution >= 4 is 109 Å². The maximum atomic E-state index is 14.1. The van der Waals surface area contributed by atoms with Crippen LogP contribution in [-0.4, -0.2) is 59.9 Å². The number of carbonyl (C=O) groups excluding carboxylic acids is 5. The van der Waals surface area contributed by atoms with Crippen molar-refractivity contribution in [3.8, 4) is 55.6 Å². The molecular weight excluding hydrogens is 1640 g/mol. The van der Waals surface area contributed by atoms with Crippen molar-refractivity contribution in [3.63, 3.8) is 0 Å². The molecule has 0 aromatic heterocycles. The molecule has 0 bridgehead atoms. The second-order valence-corrected chi connectivity index (χ2v) is 29.9. The number of carbonyl (C=O) groups is 5. The number of thioether (sulfide) groups is 2. The summed E-state index contributed by atoms with van der Waals surface area (Å²) in [4.78, 5) is 67.3. The predicted octanol–water partition coefficient (Wildman–Crippen LogP) is 21.9. The summed E-state index contributed by atoms with van der Waals surface area (Å²) in [6.07, 6.45) is -16.4. The average molecular weight is 1690 g/mol. The summed E-state index contributed by atoms with van der Waals surface area (Å²) >= 11 is 8.44. The molecule has 0 unspecified atom stereocenters. The zero-order valence-corrected chi connectivity index (χ0v) is 61.2. The normalized spacial score (nSPS) is 14.4. The lowest BCUT2D eigenvalue weighted by atomic mass is 9.96. The van der Waals surface area contributed by atoms with Crippen LogP contribution in [0.5, 0.6) is 0 Å². The maximum Gasteiger partial charge on any atom is 0.501 e. The van der Waals surface area contributed by atoms with Gasteiger partial charge in [0.2, 0.25) is 29.5 Å². The van der Waals surface area contributed by atoms with E-state index in [1.54, 1.807) is 72.8 Å². The highest BCUT2D eigenvalue weighted by molar-refractivity contribution is 8.00. The maximum absolute atomic E-state index is 14.1. The number of halogens is 19. The van der Waals surface area contributed by atoms with Gasteiger partial charge in [0.1, 0.15) is 23.0 Å². The summed E-state index contributed by atoms with van der Waals surface area (Å²) in [6.45, 7) is 0. The van der Waals surface area contributed by atoms with Crippen molar-refractivity contribution in [1.29, 1.82) is 0 Å². The largest absolute Gasteiger partial charge is 0.501 e. The Morgan fingerprint density at radius 1 is 0.348 bits per heavy atom. The van der Waals surface area contributed by atoms with Gasteiger partial charge in [0.05, 0.1) is 60.1 Å². The van der Waals surface area contributed by atoms with Crippen molar-refractivity contribution in [1.82, 2.24) is 0 Å². The summed E-state index contributed by atoms with van der Waals surface area (Å²) in [7, 11) is -5.35. The van der Waals surface area contributed by atoms with Gasteiger partial charge in [-0.1, -0.05) is 72.3 Å². The number of aryl methyl sites for hydroxylation is 3. The van der Waals surface area contributed by atoms with Crippen molar-refractivity contribution < 1.29 is 116 Å². The molecular formula is C78H51ClF18N6O9S3. The highest BCUT2D eigenvalue weighted by Crippen LogP contribution is 2.45. The van der Waals surface area contributed by atoms with E-state index in [-0.39, 0.29) is 63.5 Å². The van der Waals surface area contributed by atoms with Crippen molar-refractivity contribution in [2.45, 2.75) is 83.4 Å². The zero-order valence-electron chi connectivity index (χ0n) is 58.0. The summed E-state index contributed by atoms with van der Waals surface area (Å²) < 4.78 is 254. The number of nitrogens with zero attached hydrogens (tertiary/aromatic N) is 1. The number of nitro groups is 1. The number of nitro benzene ring substituents is 1. The van der Waals surface area contributed by atoms with E-state index in [4.69, 9.17) is 11.6 Å². The first-order chi connectivity index (χ1) is 53.9. The minimum absolute atomic E-state index is 0.0298. The molecule has 37 heteroatoms. The van der Waals surface area contributed by atoms with Gasteiger partial charge in [0.25, 0.3) is 15.5 Å². The van der Waals surface area contributed by atoms with Crippen LogP contribution in [0.15, 0.2) is 197 Å². The third-order valence-electron chi connectivity index (χ3n) is 17.7. The van der Waals surface area contributed by atoms with E-state index >= 15 is 0 Å². The third-order valence-corrected chi connectivity index (χ3v) is 21.7. The van der Waals surface area contributed by atoms with Crippen LogP contribution in [0.4, 0.5) is 113 Å². The Bertz CT molecular complexity index is 5540. The fraction of sp³-hybridized carbons (Fsp3) is 0.167. The molecule has 10 aromatic carbocycles. The van der Waals surface area contributed by atoms with Gasteiger partial charge in [-0.2, -0.15) is 65.9 Å². The Balaban J connectivity index is 0.000000142. The van der Waals surface area contributed by atoms with Crippen molar-refractivity contribution in [2.24, 2.45) is 0 Å². The SMILES string of the molecule is O=C1CCc2cc(-c3ccc(C(F)(F)F)c(Cl)c3)ccc2N1.O=C1CCc2cc(-c3ccc(C(F)(F)F)c(F)c3)cc(F)c2N1.O=C1CCc2cc(-c3ccc(C(F)(F)F)c([N+](=O)[O-])c3)ccc2N1.O=C1CSc2cc(-c3ccc(C(F)(F)F)c(F)c3)ccc2N1.O=C1CSc2cc(-c3ccc(S(=O)(=O)C(F)(F)F)cc3)ccc2N1. The average Bonchev–Trinajstić information content (AvgIpc) is 0.803. The van der Waals surface area contributed by atoms with Crippen molar-refractivity contribution in [3.05, 3.63) is 254 Å². The van der Waals surface area contributed by atoms with E-state index in [1.807, 2.05) is 6.07 Å². The highest BCUT2D eigenvalue weighted by Gasteiger charge is 2.47. The Morgan fingerprint density at radius 2 is 0.678 bits per heavy atom. The molecule has 15 nitrogen and oxygen atoms in total. The first-order valence-corrected chi connectivity index (χ1v) is 37.2. The number of fused-ring (bicyclic) bond motifs is 5. The quantitative estimate of drug-likeness (QED) is 0.0573. The lowest BCUT2D eigenvalue weighted by molar-refractivity contribution is -0.388. The summed E-state index contributed by atoms with van der Waals surface area (Å²) in [6, 6.07) is 39.5. The van der Waals surface area contributed by atoms with Gasteiger partial charge in [-0.3, -0.25) is 34.1 Å². The number of rotatable bonds is 7. The molecule has 0 atom stereocenters.